The van der Waals surface area contributed by atoms with Gasteiger partial charge in [-0.25, -0.2) is 0 Å². The van der Waals surface area contributed by atoms with Gasteiger partial charge in [-0.2, -0.15) is 0 Å². The van der Waals surface area contributed by atoms with Crippen LogP contribution in [0.2, 0.25) is 0 Å². The summed E-state index contributed by atoms with van der Waals surface area (Å²) < 4.78 is 9.39. The lowest BCUT2D eigenvalue weighted by molar-refractivity contribution is 0.322. The molecule has 0 saturated heterocycles. The Morgan fingerprint density at radius 2 is 2.09 bits per heavy atom. The summed E-state index contributed by atoms with van der Waals surface area (Å²) in [6.45, 7) is 3.68. The van der Waals surface area contributed by atoms with Crippen LogP contribution in [0.3, 0.4) is 0 Å². The van der Waals surface area contributed by atoms with Gasteiger partial charge in [-0.05, 0) is 43.2 Å². The van der Waals surface area contributed by atoms with Crippen molar-refractivity contribution in [3.8, 4) is 5.75 Å². The molecule has 0 unspecified atom stereocenters. The number of hydrogen-bond acceptors (Lipinski definition) is 6. The molecule has 2 heterocycles. The number of aromatic nitrogens is 3. The molecule has 0 bridgehead atoms. The van der Waals surface area contributed by atoms with Crippen molar-refractivity contribution >= 4 is 22.4 Å². The standard InChI is InChI=1S/C16H18N4OS/c1-11-15(22-19-18-11)10-20(2)9-12-6-7-14(21-3)16-13(12)5-4-8-17-16/h4-8H,9-10H2,1-3H3. The molecule has 2 aromatic heterocycles. The highest BCUT2D eigenvalue weighted by Gasteiger charge is 2.11. The van der Waals surface area contributed by atoms with Crippen LogP contribution in [0.1, 0.15) is 16.1 Å². The molecule has 5 nitrogen and oxygen atoms in total. The van der Waals surface area contributed by atoms with Gasteiger partial charge in [0.05, 0.1) is 17.7 Å². The zero-order valence-corrected chi connectivity index (χ0v) is 13.7. The molecule has 1 aromatic carbocycles. The SMILES string of the molecule is COc1ccc(CN(C)Cc2snnc2C)c2cccnc12. The first-order chi connectivity index (χ1) is 10.7. The van der Waals surface area contributed by atoms with E-state index >= 15 is 0 Å². The van der Waals surface area contributed by atoms with E-state index in [1.807, 2.05) is 19.1 Å². The maximum atomic E-state index is 5.40. The highest BCUT2D eigenvalue weighted by molar-refractivity contribution is 7.05. The fraction of sp³-hybridized carbons (Fsp3) is 0.312. The molecule has 0 radical (unpaired) electrons. The second-order valence-electron chi connectivity index (χ2n) is 5.28. The lowest BCUT2D eigenvalue weighted by atomic mass is 10.1. The molecule has 0 fully saturated rings. The van der Waals surface area contributed by atoms with E-state index in [0.717, 1.165) is 35.4 Å². The van der Waals surface area contributed by atoms with E-state index in [-0.39, 0.29) is 0 Å². The molecule has 3 rings (SSSR count). The number of methoxy groups -OCH3 is 1. The highest BCUT2D eigenvalue weighted by Crippen LogP contribution is 2.27. The average molecular weight is 314 g/mol. The number of hydrogen-bond donors (Lipinski definition) is 0. The summed E-state index contributed by atoms with van der Waals surface area (Å²) in [4.78, 5) is 7.92. The Kier molecular flexibility index (Phi) is 4.31. The van der Waals surface area contributed by atoms with Crippen molar-refractivity contribution in [2.75, 3.05) is 14.2 Å². The van der Waals surface area contributed by atoms with Gasteiger partial charge in [-0.3, -0.25) is 9.88 Å². The minimum absolute atomic E-state index is 0.810. The third-order valence-electron chi connectivity index (χ3n) is 3.64. The summed E-state index contributed by atoms with van der Waals surface area (Å²) in [6.07, 6.45) is 1.80. The number of nitrogens with zero attached hydrogens (tertiary/aromatic N) is 4. The van der Waals surface area contributed by atoms with E-state index < -0.39 is 0 Å². The molecule has 0 saturated carbocycles. The van der Waals surface area contributed by atoms with Crippen molar-refractivity contribution < 1.29 is 4.74 Å². The van der Waals surface area contributed by atoms with Crippen molar-refractivity contribution in [3.05, 3.63) is 46.6 Å². The first-order valence-electron chi connectivity index (χ1n) is 7.06. The van der Waals surface area contributed by atoms with Crippen molar-refractivity contribution in [3.63, 3.8) is 0 Å². The zero-order valence-electron chi connectivity index (χ0n) is 12.9. The van der Waals surface area contributed by atoms with Gasteiger partial charge in [-0.1, -0.05) is 16.6 Å². The zero-order chi connectivity index (χ0) is 15.5. The molecule has 114 valence electrons. The molecule has 3 aromatic rings. The van der Waals surface area contributed by atoms with Crippen LogP contribution in [0.5, 0.6) is 5.75 Å². The third kappa shape index (κ3) is 2.93. The normalized spacial score (nSPS) is 11.3. The molecule has 0 N–H and O–H groups in total. The molecule has 0 amide bonds. The predicted octanol–water partition coefficient (Wildman–Crippen LogP) is 3.04. The maximum absolute atomic E-state index is 5.40. The lowest BCUT2D eigenvalue weighted by Gasteiger charge is -2.17. The van der Waals surface area contributed by atoms with Crippen LogP contribution in [0.25, 0.3) is 10.9 Å². The number of ether oxygens (including phenoxy) is 1. The second-order valence-corrected chi connectivity index (χ2v) is 6.12. The van der Waals surface area contributed by atoms with E-state index in [2.05, 4.69) is 38.7 Å². The highest BCUT2D eigenvalue weighted by atomic mass is 32.1. The predicted molar refractivity (Wildman–Crippen MR) is 88.1 cm³/mol. The number of aryl methyl sites for hydroxylation is 1. The van der Waals surface area contributed by atoms with Crippen molar-refractivity contribution in [1.82, 2.24) is 19.5 Å². The van der Waals surface area contributed by atoms with Crippen LogP contribution < -0.4 is 4.74 Å². The summed E-state index contributed by atoms with van der Waals surface area (Å²) in [5, 5.41) is 5.20. The smallest absolute Gasteiger partial charge is 0.145 e. The van der Waals surface area contributed by atoms with E-state index in [9.17, 15) is 0 Å². The Hall–Kier alpha value is -2.05. The quantitative estimate of drug-likeness (QED) is 0.724. The van der Waals surface area contributed by atoms with Crippen molar-refractivity contribution in [1.29, 1.82) is 0 Å². The van der Waals surface area contributed by atoms with Crippen molar-refractivity contribution in [2.45, 2.75) is 20.0 Å². The van der Waals surface area contributed by atoms with Gasteiger partial charge in [-0.15, -0.1) is 5.10 Å². The molecule has 6 heteroatoms. The van der Waals surface area contributed by atoms with Gasteiger partial charge in [0.25, 0.3) is 0 Å². The Morgan fingerprint density at radius 1 is 1.23 bits per heavy atom. The van der Waals surface area contributed by atoms with Gasteiger partial charge in [0.15, 0.2) is 0 Å². The average Bonchev–Trinajstić information content (AvgIpc) is 2.93. The van der Waals surface area contributed by atoms with Gasteiger partial charge in [0.2, 0.25) is 0 Å². The first kappa shape index (κ1) is 14.9. The fourth-order valence-electron chi connectivity index (χ4n) is 2.50. The summed E-state index contributed by atoms with van der Waals surface area (Å²) >= 11 is 1.46. The number of pyridine rings is 1. The Balaban J connectivity index is 1.86. The van der Waals surface area contributed by atoms with Gasteiger partial charge in [0.1, 0.15) is 11.3 Å². The van der Waals surface area contributed by atoms with E-state index in [0.29, 0.717) is 0 Å². The summed E-state index contributed by atoms with van der Waals surface area (Å²) in [7, 11) is 3.78. The Labute approximate surface area is 133 Å². The fourth-order valence-corrected chi connectivity index (χ4v) is 3.21. The lowest BCUT2D eigenvalue weighted by Crippen LogP contribution is -2.17. The minimum atomic E-state index is 0.810. The van der Waals surface area contributed by atoms with E-state index in [1.54, 1.807) is 13.3 Å². The molecule has 0 aliphatic rings. The molecule has 22 heavy (non-hydrogen) atoms. The van der Waals surface area contributed by atoms with E-state index in [1.165, 1.54) is 22.0 Å². The van der Waals surface area contributed by atoms with Crippen LogP contribution in [-0.4, -0.2) is 33.6 Å². The first-order valence-corrected chi connectivity index (χ1v) is 7.83. The van der Waals surface area contributed by atoms with Crippen LogP contribution >= 0.6 is 11.5 Å². The largest absolute Gasteiger partial charge is 0.494 e. The van der Waals surface area contributed by atoms with Crippen LogP contribution in [0.4, 0.5) is 0 Å². The Morgan fingerprint density at radius 3 is 2.82 bits per heavy atom. The summed E-state index contributed by atoms with van der Waals surface area (Å²) in [6, 6.07) is 8.14. The van der Waals surface area contributed by atoms with Gasteiger partial charge < -0.3 is 4.74 Å². The summed E-state index contributed by atoms with van der Waals surface area (Å²) in [5.41, 5.74) is 3.16. The topological polar surface area (TPSA) is 51.1 Å². The second kappa shape index (κ2) is 6.37. The third-order valence-corrected chi connectivity index (χ3v) is 4.45. The van der Waals surface area contributed by atoms with Gasteiger partial charge in [0, 0.05) is 24.7 Å². The maximum Gasteiger partial charge on any atom is 0.145 e. The molecule has 0 aliphatic carbocycles. The molecule has 0 aliphatic heterocycles. The molecule has 0 spiro atoms. The van der Waals surface area contributed by atoms with Gasteiger partial charge >= 0.3 is 0 Å². The van der Waals surface area contributed by atoms with E-state index in [4.69, 9.17) is 4.74 Å². The Bertz CT molecular complexity index is 787. The van der Waals surface area contributed by atoms with Crippen LogP contribution in [-0.2, 0) is 13.1 Å². The number of benzene rings is 1. The molecular weight excluding hydrogens is 296 g/mol. The molecule has 0 atom stereocenters. The van der Waals surface area contributed by atoms with Crippen LogP contribution in [0.15, 0.2) is 30.5 Å². The molecular formula is C16H18N4OS. The monoisotopic (exact) mass is 314 g/mol. The van der Waals surface area contributed by atoms with Crippen molar-refractivity contribution in [2.24, 2.45) is 0 Å². The summed E-state index contributed by atoms with van der Waals surface area (Å²) in [5.74, 6) is 0.810. The minimum Gasteiger partial charge on any atom is -0.494 e. The number of fused-ring (bicyclic) bond motifs is 1. The van der Waals surface area contributed by atoms with Crippen LogP contribution in [0, 0.1) is 6.92 Å². The number of rotatable bonds is 5.